The van der Waals surface area contributed by atoms with Gasteiger partial charge in [0.05, 0.1) is 5.92 Å². The van der Waals surface area contributed by atoms with E-state index in [4.69, 9.17) is 4.74 Å². The van der Waals surface area contributed by atoms with E-state index in [2.05, 4.69) is 26.0 Å². The van der Waals surface area contributed by atoms with E-state index >= 15 is 0 Å². The average molecular weight is 313 g/mol. The highest BCUT2D eigenvalue weighted by Gasteiger charge is 2.41. The maximum Gasteiger partial charge on any atom is 0.309 e. The Balaban J connectivity index is 1.72. The molecule has 1 aromatic rings. The fraction of sp³-hybridized carbons (Fsp3) is 0.474. The second-order valence-corrected chi connectivity index (χ2v) is 7.12. The lowest BCUT2D eigenvalue weighted by atomic mass is 9.83. The van der Waals surface area contributed by atoms with Gasteiger partial charge in [-0.1, -0.05) is 39.0 Å². The molecule has 1 aliphatic heterocycles. The molecule has 2 aliphatic rings. The lowest BCUT2D eigenvalue weighted by Gasteiger charge is -2.23. The molecule has 23 heavy (non-hydrogen) atoms. The van der Waals surface area contributed by atoms with Gasteiger partial charge in [0.1, 0.15) is 0 Å². The van der Waals surface area contributed by atoms with Crippen molar-refractivity contribution in [3.63, 3.8) is 0 Å². The number of rotatable bonds is 4. The van der Waals surface area contributed by atoms with E-state index in [0.717, 1.165) is 17.8 Å². The van der Waals surface area contributed by atoms with Gasteiger partial charge < -0.3 is 9.64 Å². The predicted octanol–water partition coefficient (Wildman–Crippen LogP) is 3.07. The number of ketones is 1. The van der Waals surface area contributed by atoms with Crippen LogP contribution in [-0.4, -0.2) is 25.4 Å². The molecule has 4 heteroatoms. The Kier molecular flexibility index (Phi) is 3.78. The number of nitrogens with zero attached hydrogens (tertiary/aromatic N) is 1. The summed E-state index contributed by atoms with van der Waals surface area (Å²) in [6.45, 7) is 6.05. The SMILES string of the molecule is C[C@H]1C[C@@H]1C(=O)OCC(=O)/C=C1/N(C)c2ccccc2C1(C)C. The second-order valence-electron chi connectivity index (χ2n) is 7.12. The zero-order valence-electron chi connectivity index (χ0n) is 14.1. The Hall–Kier alpha value is -2.10. The van der Waals surface area contributed by atoms with Crippen molar-refractivity contribution in [2.24, 2.45) is 11.8 Å². The topological polar surface area (TPSA) is 46.6 Å². The van der Waals surface area contributed by atoms with Crippen LogP contribution in [0.15, 0.2) is 36.0 Å². The van der Waals surface area contributed by atoms with Crippen LogP contribution in [0.5, 0.6) is 0 Å². The number of carbonyl (C=O) groups excluding carboxylic acids is 2. The number of hydrogen-bond acceptors (Lipinski definition) is 4. The number of likely N-dealkylation sites (N-methyl/N-ethyl adjacent to an activating group) is 1. The molecule has 4 nitrogen and oxygen atoms in total. The summed E-state index contributed by atoms with van der Waals surface area (Å²) in [6.07, 6.45) is 2.49. The van der Waals surface area contributed by atoms with Crippen LogP contribution in [0.3, 0.4) is 0 Å². The van der Waals surface area contributed by atoms with Crippen molar-refractivity contribution in [2.45, 2.75) is 32.6 Å². The van der Waals surface area contributed by atoms with Crippen molar-refractivity contribution in [3.05, 3.63) is 41.6 Å². The number of benzene rings is 1. The summed E-state index contributed by atoms with van der Waals surface area (Å²) >= 11 is 0. The molecular weight excluding hydrogens is 290 g/mol. The number of anilines is 1. The lowest BCUT2D eigenvalue weighted by molar-refractivity contribution is -0.148. The molecule has 1 aliphatic carbocycles. The van der Waals surface area contributed by atoms with Gasteiger partial charge in [-0.15, -0.1) is 0 Å². The highest BCUT2D eigenvalue weighted by Crippen LogP contribution is 2.46. The Morgan fingerprint density at radius 3 is 2.61 bits per heavy atom. The van der Waals surface area contributed by atoms with Gasteiger partial charge in [0.15, 0.2) is 12.4 Å². The minimum Gasteiger partial charge on any atom is -0.457 e. The summed E-state index contributed by atoms with van der Waals surface area (Å²) in [4.78, 5) is 26.0. The van der Waals surface area contributed by atoms with Crippen LogP contribution in [0.1, 0.15) is 32.8 Å². The first-order valence-electron chi connectivity index (χ1n) is 8.07. The molecule has 0 N–H and O–H groups in total. The van der Waals surface area contributed by atoms with Crippen molar-refractivity contribution < 1.29 is 14.3 Å². The largest absolute Gasteiger partial charge is 0.457 e. The Morgan fingerprint density at radius 2 is 2.00 bits per heavy atom. The third-order valence-corrected chi connectivity index (χ3v) is 5.01. The second kappa shape index (κ2) is 5.52. The van der Waals surface area contributed by atoms with E-state index in [0.29, 0.717) is 5.92 Å². The van der Waals surface area contributed by atoms with Crippen molar-refractivity contribution in [3.8, 4) is 0 Å². The summed E-state index contributed by atoms with van der Waals surface area (Å²) < 4.78 is 5.14. The lowest BCUT2D eigenvalue weighted by Crippen LogP contribution is -2.25. The summed E-state index contributed by atoms with van der Waals surface area (Å²) in [5.74, 6) is -0.0309. The molecule has 0 saturated heterocycles. The van der Waals surface area contributed by atoms with Crippen molar-refractivity contribution >= 4 is 17.4 Å². The summed E-state index contributed by atoms with van der Waals surface area (Å²) in [6, 6.07) is 8.15. The van der Waals surface area contributed by atoms with Gasteiger partial charge in [0.25, 0.3) is 0 Å². The van der Waals surface area contributed by atoms with Crippen LogP contribution in [0.4, 0.5) is 5.69 Å². The highest BCUT2D eigenvalue weighted by atomic mass is 16.5. The Labute approximate surface area is 137 Å². The molecule has 0 unspecified atom stereocenters. The predicted molar refractivity (Wildman–Crippen MR) is 89.2 cm³/mol. The smallest absolute Gasteiger partial charge is 0.309 e. The normalized spacial score (nSPS) is 26.1. The van der Waals surface area contributed by atoms with Crippen molar-refractivity contribution in [1.82, 2.24) is 0 Å². The molecule has 0 radical (unpaired) electrons. The number of carbonyl (C=O) groups is 2. The van der Waals surface area contributed by atoms with E-state index in [9.17, 15) is 9.59 Å². The van der Waals surface area contributed by atoms with Crippen LogP contribution in [-0.2, 0) is 19.7 Å². The molecule has 0 bridgehead atoms. The van der Waals surface area contributed by atoms with E-state index in [1.807, 2.05) is 31.0 Å². The molecule has 3 rings (SSSR count). The fourth-order valence-corrected chi connectivity index (χ4v) is 3.35. The van der Waals surface area contributed by atoms with Gasteiger partial charge >= 0.3 is 5.97 Å². The highest BCUT2D eigenvalue weighted by molar-refractivity contribution is 5.94. The molecule has 2 atom stereocenters. The summed E-state index contributed by atoms with van der Waals surface area (Å²) in [5.41, 5.74) is 3.00. The van der Waals surface area contributed by atoms with Crippen LogP contribution in [0, 0.1) is 11.8 Å². The maximum atomic E-state index is 12.2. The molecular formula is C19H23NO3. The molecule has 1 aromatic carbocycles. The third-order valence-electron chi connectivity index (χ3n) is 5.01. The first-order chi connectivity index (χ1) is 10.8. The molecule has 0 spiro atoms. The average Bonchev–Trinajstić information content (AvgIpc) is 3.22. The number of ether oxygens (including phenoxy) is 1. The monoisotopic (exact) mass is 313 g/mol. The first kappa shape index (κ1) is 15.8. The van der Waals surface area contributed by atoms with E-state index in [1.165, 1.54) is 5.56 Å². The Morgan fingerprint density at radius 1 is 1.35 bits per heavy atom. The van der Waals surface area contributed by atoms with Crippen LogP contribution in [0.25, 0.3) is 0 Å². The number of esters is 1. The quantitative estimate of drug-likeness (QED) is 0.633. The van der Waals surface area contributed by atoms with Gasteiger partial charge in [-0.2, -0.15) is 0 Å². The van der Waals surface area contributed by atoms with Gasteiger partial charge in [-0.25, -0.2) is 0 Å². The van der Waals surface area contributed by atoms with E-state index in [1.54, 1.807) is 6.08 Å². The van der Waals surface area contributed by atoms with Gasteiger partial charge in [-0.3, -0.25) is 9.59 Å². The van der Waals surface area contributed by atoms with Gasteiger partial charge in [0, 0.05) is 29.9 Å². The minimum atomic E-state index is -0.244. The summed E-state index contributed by atoms with van der Waals surface area (Å²) in [7, 11) is 1.96. The number of para-hydroxylation sites is 1. The van der Waals surface area contributed by atoms with Crippen LogP contribution in [0.2, 0.25) is 0 Å². The van der Waals surface area contributed by atoms with E-state index in [-0.39, 0.29) is 29.7 Å². The minimum absolute atomic E-state index is 0.00898. The van der Waals surface area contributed by atoms with Crippen LogP contribution < -0.4 is 4.90 Å². The molecule has 1 saturated carbocycles. The third kappa shape index (κ3) is 2.78. The number of hydrogen-bond donors (Lipinski definition) is 0. The Bertz CT molecular complexity index is 690. The van der Waals surface area contributed by atoms with Gasteiger partial charge in [0.2, 0.25) is 0 Å². The maximum absolute atomic E-state index is 12.2. The molecule has 0 aromatic heterocycles. The molecule has 1 fully saturated rings. The fourth-order valence-electron chi connectivity index (χ4n) is 3.35. The van der Waals surface area contributed by atoms with Crippen LogP contribution >= 0.6 is 0 Å². The number of fused-ring (bicyclic) bond motifs is 1. The molecule has 1 heterocycles. The molecule has 122 valence electrons. The van der Waals surface area contributed by atoms with Crippen molar-refractivity contribution in [2.75, 3.05) is 18.6 Å². The number of allylic oxidation sites excluding steroid dienone is 1. The summed E-state index contributed by atoms with van der Waals surface area (Å²) in [5, 5.41) is 0. The van der Waals surface area contributed by atoms with Crippen molar-refractivity contribution in [1.29, 1.82) is 0 Å². The first-order valence-corrected chi connectivity index (χ1v) is 8.07. The zero-order chi connectivity index (χ0) is 16.8. The van der Waals surface area contributed by atoms with Gasteiger partial charge in [-0.05, 0) is 24.0 Å². The standard InChI is InChI=1S/C19H23NO3/c1-12-9-14(12)18(22)23-11-13(21)10-17-19(2,3)15-7-5-6-8-16(15)20(17)4/h5-8,10,12,14H,9,11H2,1-4H3/b17-10+/t12-,14-/m0/s1. The van der Waals surface area contributed by atoms with E-state index < -0.39 is 0 Å². The zero-order valence-corrected chi connectivity index (χ0v) is 14.1. The molecule has 0 amide bonds.